The first-order valence-electron chi connectivity index (χ1n) is 8.35. The van der Waals surface area contributed by atoms with Gasteiger partial charge in [0.25, 0.3) is 11.8 Å². The van der Waals surface area contributed by atoms with Gasteiger partial charge in [-0.3, -0.25) is 0 Å². The Kier molecular flexibility index (Phi) is 4.59. The van der Waals surface area contributed by atoms with Crippen LogP contribution in [-0.2, 0) is 11.8 Å². The summed E-state index contributed by atoms with van der Waals surface area (Å²) in [5.41, 5.74) is 0.534. The molecule has 0 amide bonds. The molecule has 2 aromatic heterocycles. The van der Waals surface area contributed by atoms with Crippen molar-refractivity contribution in [3.05, 3.63) is 58.7 Å². The summed E-state index contributed by atoms with van der Waals surface area (Å²) in [7, 11) is 0. The lowest BCUT2D eigenvalue weighted by Crippen LogP contribution is -2.38. The Hall–Kier alpha value is -2.48. The Bertz CT molecular complexity index is 957. The van der Waals surface area contributed by atoms with E-state index < -0.39 is 12.3 Å². The van der Waals surface area contributed by atoms with Crippen LogP contribution in [0.15, 0.2) is 35.0 Å². The Morgan fingerprint density at radius 1 is 1.15 bits per heavy atom. The van der Waals surface area contributed by atoms with Crippen molar-refractivity contribution in [3.63, 3.8) is 0 Å². The second-order valence-electron chi connectivity index (χ2n) is 6.57. The van der Waals surface area contributed by atoms with Crippen LogP contribution >= 0.6 is 11.6 Å². The summed E-state index contributed by atoms with van der Waals surface area (Å²) in [6.45, 7) is 0. The molecule has 27 heavy (non-hydrogen) atoms. The maximum atomic E-state index is 14.4. The summed E-state index contributed by atoms with van der Waals surface area (Å²) in [4.78, 5) is 8.54. The molecule has 0 bridgehead atoms. The highest BCUT2D eigenvalue weighted by atomic mass is 35.5. The first-order chi connectivity index (χ1) is 13.0. The standard InChI is InChI=1S/C18H14ClF3N4O/c19-11-2-3-13(20)12(6-11)18(4-1-5-18)7-14-23-8-10(9-24-14)16-25-26-17(27-16)15(21)22/h2-3,6,8-9,15H,1,4-5,7H2. The van der Waals surface area contributed by atoms with E-state index in [1.807, 2.05) is 0 Å². The van der Waals surface area contributed by atoms with E-state index in [1.54, 1.807) is 6.07 Å². The molecule has 2 heterocycles. The molecule has 9 heteroatoms. The normalized spacial score (nSPS) is 15.7. The zero-order valence-electron chi connectivity index (χ0n) is 14.0. The third-order valence-electron chi connectivity index (χ3n) is 4.89. The minimum atomic E-state index is -2.84. The highest BCUT2D eigenvalue weighted by Gasteiger charge is 2.41. The number of aromatic nitrogens is 4. The molecule has 0 spiro atoms. The van der Waals surface area contributed by atoms with Crippen molar-refractivity contribution in [1.29, 1.82) is 0 Å². The van der Waals surface area contributed by atoms with Crippen LogP contribution in [0.5, 0.6) is 0 Å². The average Bonchev–Trinajstić information content (AvgIpc) is 3.11. The highest BCUT2D eigenvalue weighted by molar-refractivity contribution is 6.30. The number of halogens is 4. The Labute approximate surface area is 157 Å². The summed E-state index contributed by atoms with van der Waals surface area (Å²) in [5, 5.41) is 7.33. The largest absolute Gasteiger partial charge is 0.415 e. The van der Waals surface area contributed by atoms with Crippen LogP contribution < -0.4 is 0 Å². The summed E-state index contributed by atoms with van der Waals surface area (Å²) in [5.74, 6) is -0.595. The Balaban J connectivity index is 1.57. The van der Waals surface area contributed by atoms with Crippen LogP contribution in [0, 0.1) is 5.82 Å². The first-order valence-corrected chi connectivity index (χ1v) is 8.73. The lowest BCUT2D eigenvalue weighted by molar-refractivity contribution is 0.116. The van der Waals surface area contributed by atoms with Crippen LogP contribution in [0.2, 0.25) is 5.02 Å². The molecule has 3 aromatic rings. The second kappa shape index (κ2) is 6.92. The van der Waals surface area contributed by atoms with E-state index in [2.05, 4.69) is 20.2 Å². The highest BCUT2D eigenvalue weighted by Crippen LogP contribution is 2.47. The molecule has 0 N–H and O–H groups in total. The van der Waals surface area contributed by atoms with Crippen molar-refractivity contribution in [2.45, 2.75) is 37.5 Å². The van der Waals surface area contributed by atoms with E-state index in [1.165, 1.54) is 24.5 Å². The van der Waals surface area contributed by atoms with Crippen molar-refractivity contribution in [3.8, 4) is 11.5 Å². The Morgan fingerprint density at radius 2 is 1.89 bits per heavy atom. The van der Waals surface area contributed by atoms with Crippen LogP contribution in [0.3, 0.4) is 0 Å². The monoisotopic (exact) mass is 394 g/mol. The third-order valence-corrected chi connectivity index (χ3v) is 5.12. The van der Waals surface area contributed by atoms with Gasteiger partial charge in [-0.2, -0.15) is 8.78 Å². The lowest BCUT2D eigenvalue weighted by atomic mass is 9.62. The molecular weight excluding hydrogens is 381 g/mol. The number of hydrogen-bond acceptors (Lipinski definition) is 5. The molecule has 0 saturated heterocycles. The second-order valence-corrected chi connectivity index (χ2v) is 7.01. The van der Waals surface area contributed by atoms with E-state index in [9.17, 15) is 13.2 Å². The molecule has 1 aliphatic carbocycles. The van der Waals surface area contributed by atoms with Crippen molar-refractivity contribution in [2.75, 3.05) is 0 Å². The third kappa shape index (κ3) is 3.41. The predicted octanol–water partition coefficient (Wildman–Crippen LogP) is 4.92. The molecule has 0 aliphatic heterocycles. The van der Waals surface area contributed by atoms with Gasteiger partial charge >= 0.3 is 6.43 Å². The minimum Gasteiger partial charge on any atom is -0.415 e. The lowest BCUT2D eigenvalue weighted by Gasteiger charge is -2.42. The summed E-state index contributed by atoms with van der Waals surface area (Å²) in [6.07, 6.45) is 3.11. The fourth-order valence-electron chi connectivity index (χ4n) is 3.35. The molecule has 4 rings (SSSR count). The van der Waals surface area contributed by atoms with E-state index in [-0.39, 0.29) is 17.1 Å². The van der Waals surface area contributed by atoms with Gasteiger partial charge in [-0.25, -0.2) is 14.4 Å². The number of hydrogen-bond donors (Lipinski definition) is 0. The molecule has 0 atom stereocenters. The number of alkyl halides is 2. The van der Waals surface area contributed by atoms with Gasteiger partial charge in [-0.05, 0) is 36.6 Å². The van der Waals surface area contributed by atoms with Gasteiger partial charge in [0.2, 0.25) is 0 Å². The Morgan fingerprint density at radius 3 is 2.48 bits per heavy atom. The number of rotatable bonds is 5. The van der Waals surface area contributed by atoms with Crippen LogP contribution in [0.4, 0.5) is 13.2 Å². The zero-order valence-corrected chi connectivity index (χ0v) is 14.8. The molecule has 0 unspecified atom stereocenters. The summed E-state index contributed by atoms with van der Waals surface area (Å²) < 4.78 is 44.3. The maximum Gasteiger partial charge on any atom is 0.314 e. The number of benzene rings is 1. The quantitative estimate of drug-likeness (QED) is 0.614. The summed E-state index contributed by atoms with van der Waals surface area (Å²) >= 11 is 6.05. The maximum absolute atomic E-state index is 14.4. The SMILES string of the molecule is Fc1ccc(Cl)cc1C1(Cc2ncc(-c3nnc(C(F)F)o3)cn2)CCC1. The van der Waals surface area contributed by atoms with Gasteiger partial charge < -0.3 is 4.42 Å². The van der Waals surface area contributed by atoms with Crippen molar-refractivity contribution in [2.24, 2.45) is 0 Å². The van der Waals surface area contributed by atoms with Gasteiger partial charge in [0, 0.05) is 29.3 Å². The van der Waals surface area contributed by atoms with Crippen LogP contribution in [-0.4, -0.2) is 20.2 Å². The van der Waals surface area contributed by atoms with Crippen LogP contribution in [0.1, 0.15) is 43.0 Å². The van der Waals surface area contributed by atoms with Gasteiger partial charge in [0.15, 0.2) is 0 Å². The number of nitrogens with zero attached hydrogens (tertiary/aromatic N) is 4. The van der Waals surface area contributed by atoms with Crippen molar-refractivity contribution < 1.29 is 17.6 Å². The molecule has 140 valence electrons. The van der Waals surface area contributed by atoms with Crippen LogP contribution in [0.25, 0.3) is 11.5 Å². The van der Waals surface area contributed by atoms with Gasteiger partial charge in [-0.15, -0.1) is 10.2 Å². The molecular formula is C18H14ClF3N4O. The molecule has 5 nitrogen and oxygen atoms in total. The van der Waals surface area contributed by atoms with E-state index in [0.717, 1.165) is 19.3 Å². The zero-order chi connectivity index (χ0) is 19.0. The fourth-order valence-corrected chi connectivity index (χ4v) is 3.52. The van der Waals surface area contributed by atoms with Gasteiger partial charge in [-0.1, -0.05) is 18.0 Å². The molecule has 1 aliphatic rings. The molecule has 0 radical (unpaired) electrons. The predicted molar refractivity (Wildman–Crippen MR) is 90.9 cm³/mol. The summed E-state index contributed by atoms with van der Waals surface area (Å²) in [6, 6.07) is 4.56. The smallest absolute Gasteiger partial charge is 0.314 e. The molecule has 1 fully saturated rings. The minimum absolute atomic E-state index is 0.0731. The van der Waals surface area contributed by atoms with Gasteiger partial charge in [0.05, 0.1) is 5.56 Å². The molecule has 1 saturated carbocycles. The van der Waals surface area contributed by atoms with Gasteiger partial charge in [0.1, 0.15) is 11.6 Å². The topological polar surface area (TPSA) is 64.7 Å². The van der Waals surface area contributed by atoms with E-state index >= 15 is 0 Å². The van der Waals surface area contributed by atoms with Crippen molar-refractivity contribution in [1.82, 2.24) is 20.2 Å². The van der Waals surface area contributed by atoms with Crippen molar-refractivity contribution >= 4 is 11.6 Å². The molecule has 1 aromatic carbocycles. The van der Waals surface area contributed by atoms with E-state index in [0.29, 0.717) is 28.4 Å². The first kappa shape index (κ1) is 17.9. The van der Waals surface area contributed by atoms with E-state index in [4.69, 9.17) is 16.0 Å². The fraction of sp³-hybridized carbons (Fsp3) is 0.333. The average molecular weight is 395 g/mol.